The number of aryl methyl sites for hydroxylation is 2. The van der Waals surface area contributed by atoms with Crippen LogP contribution in [0, 0.1) is 31.4 Å². The van der Waals surface area contributed by atoms with Crippen LogP contribution in [-0.2, 0) is 26.5 Å². The quantitative estimate of drug-likeness (QED) is 0.169. The van der Waals surface area contributed by atoms with Gasteiger partial charge in [0, 0.05) is 37.9 Å². The second kappa shape index (κ2) is 12.3. The second-order valence-corrected chi connectivity index (χ2v) is 12.7. The topological polar surface area (TPSA) is 51.8 Å². The number of furan rings is 1. The van der Waals surface area contributed by atoms with Crippen LogP contribution in [0.4, 0.5) is 0 Å². The van der Waals surface area contributed by atoms with E-state index < -0.39 is 0 Å². The van der Waals surface area contributed by atoms with Crippen molar-refractivity contribution in [3.8, 4) is 22.5 Å². The largest absolute Gasteiger partial charge is 0.498 e. The van der Waals surface area contributed by atoms with Crippen molar-refractivity contribution in [2.75, 3.05) is 0 Å². The van der Waals surface area contributed by atoms with Gasteiger partial charge in [0.1, 0.15) is 11.1 Å². The fraction of sp³-hybridized carbons (Fsp3) is 0.194. The summed E-state index contributed by atoms with van der Waals surface area (Å²) in [5.41, 5.74) is 9.21. The average molecular weight is 746 g/mol. The smallest absolute Gasteiger partial charge is 0.148 e. The monoisotopic (exact) mass is 746 g/mol. The molecule has 0 aliphatic carbocycles. The van der Waals surface area contributed by atoms with Crippen LogP contribution in [0.1, 0.15) is 36.9 Å². The van der Waals surface area contributed by atoms with Crippen molar-refractivity contribution in [3.63, 3.8) is 0 Å². The van der Waals surface area contributed by atoms with Crippen molar-refractivity contribution in [1.29, 1.82) is 0 Å². The number of nitrogens with zero attached hydrogens (tertiary/aromatic N) is 3. The number of pyridine rings is 2. The Hall–Kier alpha value is -3.70. The molecule has 0 N–H and O–H groups in total. The molecule has 4 heterocycles. The van der Waals surface area contributed by atoms with Crippen molar-refractivity contribution in [2.45, 2.75) is 41.0 Å². The third-order valence-corrected chi connectivity index (χ3v) is 7.84. The standard InChI is InChI=1S/C25H23N2OS.C11H8N.Ir/c1-14-13-26-20(11-16(14)12-25(3,4)5)19-8-6-7-17-18-9-10-21-22(27-15(2)29-21)24(18)28-23(17)19;1-2-6-10(7-3-1)11-8-4-5-9-12-11;/h6-7,9-11,13H,12H2,1-5H3;1-6,8-9H;/q2*-1;. The molecule has 6 heteroatoms. The van der Waals surface area contributed by atoms with Gasteiger partial charge in [-0.15, -0.1) is 65.4 Å². The molecule has 0 aliphatic heterocycles. The van der Waals surface area contributed by atoms with Gasteiger partial charge in [-0.3, -0.25) is 0 Å². The second-order valence-electron chi connectivity index (χ2n) is 11.4. The van der Waals surface area contributed by atoms with Crippen LogP contribution >= 0.6 is 11.3 Å². The van der Waals surface area contributed by atoms with Gasteiger partial charge in [-0.25, -0.2) is 4.98 Å². The number of hydrogen-bond acceptors (Lipinski definition) is 5. The van der Waals surface area contributed by atoms with Crippen molar-refractivity contribution in [2.24, 2.45) is 5.41 Å². The Balaban J connectivity index is 0.000000228. The van der Waals surface area contributed by atoms with Gasteiger partial charge in [0.25, 0.3) is 0 Å². The summed E-state index contributed by atoms with van der Waals surface area (Å²) in [6, 6.07) is 30.7. The predicted molar refractivity (Wildman–Crippen MR) is 170 cm³/mol. The SMILES string of the molecule is Cc1nc2c(ccc3c4cc[c-]c(-c5cc(CC(C)(C)C)c(C)cn5)c4oc32)s1.[Ir].[c-]1ccccc1-c1ccccn1. The minimum atomic E-state index is 0. The van der Waals surface area contributed by atoms with E-state index in [0.29, 0.717) is 0 Å². The minimum Gasteiger partial charge on any atom is -0.498 e. The Labute approximate surface area is 264 Å². The summed E-state index contributed by atoms with van der Waals surface area (Å²) in [5.74, 6) is 0. The molecular formula is C36H31IrN3OS-2. The summed E-state index contributed by atoms with van der Waals surface area (Å²) in [7, 11) is 0. The Morgan fingerprint density at radius 1 is 0.833 bits per heavy atom. The number of benzene rings is 3. The minimum absolute atomic E-state index is 0. The van der Waals surface area contributed by atoms with Crippen LogP contribution < -0.4 is 0 Å². The molecule has 4 aromatic heterocycles. The predicted octanol–water partition coefficient (Wildman–Crippen LogP) is 9.81. The van der Waals surface area contributed by atoms with Crippen molar-refractivity contribution in [3.05, 3.63) is 113 Å². The zero-order valence-corrected chi connectivity index (χ0v) is 27.5. The number of thiazole rings is 1. The molecule has 7 aromatic rings. The first kappa shape index (κ1) is 29.8. The average Bonchev–Trinajstić information content (AvgIpc) is 3.54. The van der Waals surface area contributed by atoms with Gasteiger partial charge in [-0.1, -0.05) is 61.5 Å². The number of aromatic nitrogens is 3. The molecule has 0 spiro atoms. The summed E-state index contributed by atoms with van der Waals surface area (Å²) in [6.07, 6.45) is 4.76. The number of fused-ring (bicyclic) bond motifs is 5. The third kappa shape index (κ3) is 6.22. The van der Waals surface area contributed by atoms with Gasteiger partial charge < -0.3 is 14.4 Å². The summed E-state index contributed by atoms with van der Waals surface area (Å²) in [5, 5.41) is 3.22. The van der Waals surface area contributed by atoms with E-state index in [1.54, 1.807) is 17.5 Å². The number of rotatable bonds is 3. The van der Waals surface area contributed by atoms with Gasteiger partial charge >= 0.3 is 0 Å². The molecule has 3 aromatic carbocycles. The van der Waals surface area contributed by atoms with Crippen molar-refractivity contribution in [1.82, 2.24) is 15.0 Å². The van der Waals surface area contributed by atoms with E-state index in [0.717, 1.165) is 66.1 Å². The zero-order chi connectivity index (χ0) is 28.6. The van der Waals surface area contributed by atoms with Gasteiger partial charge in [0.05, 0.1) is 15.3 Å². The first-order valence-corrected chi connectivity index (χ1v) is 14.6. The maximum atomic E-state index is 6.41. The van der Waals surface area contributed by atoms with Crippen LogP contribution in [-0.4, -0.2) is 15.0 Å². The molecule has 0 fully saturated rings. The molecule has 7 rings (SSSR count). The molecule has 1 radical (unpaired) electrons. The van der Waals surface area contributed by atoms with Crippen LogP contribution in [0.15, 0.2) is 89.6 Å². The molecule has 0 saturated carbocycles. The Bertz CT molecular complexity index is 1930. The Morgan fingerprint density at radius 2 is 1.64 bits per heavy atom. The van der Waals surface area contributed by atoms with Gasteiger partial charge in [-0.05, 0) is 54.8 Å². The van der Waals surface area contributed by atoms with E-state index in [-0.39, 0.29) is 25.5 Å². The molecule has 0 amide bonds. The third-order valence-electron chi connectivity index (χ3n) is 6.91. The molecule has 0 atom stereocenters. The summed E-state index contributed by atoms with van der Waals surface area (Å²) in [4.78, 5) is 13.6. The van der Waals surface area contributed by atoms with Crippen molar-refractivity contribution < 1.29 is 24.5 Å². The molecule has 4 nitrogen and oxygen atoms in total. The zero-order valence-electron chi connectivity index (χ0n) is 24.3. The van der Waals surface area contributed by atoms with Crippen LogP contribution in [0.2, 0.25) is 0 Å². The Kier molecular flexibility index (Phi) is 8.70. The maximum Gasteiger partial charge on any atom is 0.148 e. The van der Waals surface area contributed by atoms with Crippen LogP contribution in [0.3, 0.4) is 0 Å². The number of hydrogen-bond donors (Lipinski definition) is 0. The normalized spacial score (nSPS) is 11.4. The Morgan fingerprint density at radius 3 is 2.38 bits per heavy atom. The maximum absolute atomic E-state index is 6.41. The first-order valence-electron chi connectivity index (χ1n) is 13.7. The molecule has 42 heavy (non-hydrogen) atoms. The molecule has 0 saturated heterocycles. The van der Waals surface area contributed by atoms with E-state index in [1.165, 1.54) is 11.1 Å². The van der Waals surface area contributed by atoms with Gasteiger partial charge in [0.2, 0.25) is 0 Å². The molecule has 213 valence electrons. The van der Waals surface area contributed by atoms with Crippen LogP contribution in [0.5, 0.6) is 0 Å². The fourth-order valence-corrected chi connectivity index (χ4v) is 5.86. The summed E-state index contributed by atoms with van der Waals surface area (Å²) >= 11 is 1.69. The van der Waals surface area contributed by atoms with E-state index in [9.17, 15) is 0 Å². The van der Waals surface area contributed by atoms with E-state index in [4.69, 9.17) is 14.4 Å². The first-order chi connectivity index (χ1) is 19.8. The molecule has 0 bridgehead atoms. The van der Waals surface area contributed by atoms with Gasteiger partial charge in [0.15, 0.2) is 0 Å². The van der Waals surface area contributed by atoms with E-state index in [1.807, 2.05) is 61.7 Å². The summed E-state index contributed by atoms with van der Waals surface area (Å²) in [6.45, 7) is 11.0. The van der Waals surface area contributed by atoms with E-state index in [2.05, 4.69) is 69.1 Å². The molecule has 0 unspecified atom stereocenters. The van der Waals surface area contributed by atoms with Crippen molar-refractivity contribution >= 4 is 43.5 Å². The van der Waals surface area contributed by atoms with Crippen LogP contribution in [0.25, 0.3) is 54.7 Å². The van der Waals surface area contributed by atoms with Gasteiger partial charge in [-0.2, -0.15) is 0 Å². The van der Waals surface area contributed by atoms with E-state index >= 15 is 0 Å². The fourth-order valence-electron chi connectivity index (χ4n) is 5.03. The summed E-state index contributed by atoms with van der Waals surface area (Å²) < 4.78 is 7.56. The molecule has 0 aliphatic rings. The molecular weight excluding hydrogens is 715 g/mol.